The van der Waals surface area contributed by atoms with Crippen LogP contribution in [0.15, 0.2) is 0 Å². The molecule has 1 heterocycles. The molecule has 0 amide bonds. The number of carbonyl (C=O) groups is 1. The SMILES string of the molecule is COC(=O)CC1CN(C)CC(C)CN1C(C)C. The molecule has 0 aromatic carbocycles. The first kappa shape index (κ1) is 14.5. The summed E-state index contributed by atoms with van der Waals surface area (Å²) in [6.45, 7) is 9.76. The molecule has 0 bridgehead atoms. The molecule has 2 unspecified atom stereocenters. The average molecular weight is 242 g/mol. The van der Waals surface area contributed by atoms with Gasteiger partial charge in [-0.3, -0.25) is 9.69 Å². The summed E-state index contributed by atoms with van der Waals surface area (Å²) in [5.74, 6) is 0.536. The van der Waals surface area contributed by atoms with E-state index in [1.54, 1.807) is 0 Å². The molecule has 1 aliphatic heterocycles. The van der Waals surface area contributed by atoms with E-state index in [0.29, 0.717) is 18.4 Å². The van der Waals surface area contributed by atoms with Gasteiger partial charge < -0.3 is 9.64 Å². The zero-order valence-corrected chi connectivity index (χ0v) is 11.8. The second-order valence-corrected chi connectivity index (χ2v) is 5.55. The minimum Gasteiger partial charge on any atom is -0.469 e. The van der Waals surface area contributed by atoms with Crippen LogP contribution in [0.4, 0.5) is 0 Å². The van der Waals surface area contributed by atoms with Crippen LogP contribution in [0.5, 0.6) is 0 Å². The molecule has 0 aromatic heterocycles. The summed E-state index contributed by atoms with van der Waals surface area (Å²) < 4.78 is 4.80. The number of likely N-dealkylation sites (N-methyl/N-ethyl adjacent to an activating group) is 1. The topological polar surface area (TPSA) is 32.8 Å². The van der Waals surface area contributed by atoms with Crippen LogP contribution in [0.1, 0.15) is 27.2 Å². The first-order valence-corrected chi connectivity index (χ1v) is 6.45. The number of hydrogen-bond donors (Lipinski definition) is 0. The molecule has 0 aromatic rings. The first-order valence-electron chi connectivity index (χ1n) is 6.45. The highest BCUT2D eigenvalue weighted by molar-refractivity contribution is 5.69. The van der Waals surface area contributed by atoms with Crippen molar-refractivity contribution in [3.8, 4) is 0 Å². The maximum atomic E-state index is 11.5. The molecule has 1 saturated heterocycles. The monoisotopic (exact) mass is 242 g/mol. The van der Waals surface area contributed by atoms with Crippen molar-refractivity contribution in [2.45, 2.75) is 39.3 Å². The van der Waals surface area contributed by atoms with Crippen molar-refractivity contribution in [2.75, 3.05) is 33.8 Å². The molecule has 1 rings (SSSR count). The lowest BCUT2D eigenvalue weighted by Crippen LogP contribution is -2.45. The van der Waals surface area contributed by atoms with Crippen LogP contribution in [0, 0.1) is 5.92 Å². The lowest BCUT2D eigenvalue weighted by molar-refractivity contribution is -0.142. The van der Waals surface area contributed by atoms with Gasteiger partial charge in [0.05, 0.1) is 13.5 Å². The molecule has 0 radical (unpaired) electrons. The van der Waals surface area contributed by atoms with E-state index in [4.69, 9.17) is 4.74 Å². The fraction of sp³-hybridized carbons (Fsp3) is 0.923. The highest BCUT2D eigenvalue weighted by atomic mass is 16.5. The zero-order valence-electron chi connectivity index (χ0n) is 11.8. The van der Waals surface area contributed by atoms with Gasteiger partial charge in [-0.15, -0.1) is 0 Å². The summed E-state index contributed by atoms with van der Waals surface area (Å²) in [5, 5.41) is 0. The van der Waals surface area contributed by atoms with Crippen molar-refractivity contribution in [1.29, 1.82) is 0 Å². The predicted octanol–water partition coefficient (Wildman–Crippen LogP) is 1.21. The molecule has 0 N–H and O–H groups in total. The fourth-order valence-corrected chi connectivity index (χ4v) is 2.73. The number of hydrogen-bond acceptors (Lipinski definition) is 4. The van der Waals surface area contributed by atoms with Crippen LogP contribution < -0.4 is 0 Å². The van der Waals surface area contributed by atoms with E-state index in [2.05, 4.69) is 37.6 Å². The third-order valence-corrected chi connectivity index (χ3v) is 3.43. The van der Waals surface area contributed by atoms with Gasteiger partial charge in [0.2, 0.25) is 0 Å². The van der Waals surface area contributed by atoms with Crippen molar-refractivity contribution in [3.05, 3.63) is 0 Å². The van der Waals surface area contributed by atoms with Gasteiger partial charge in [-0.1, -0.05) is 6.92 Å². The molecule has 4 heteroatoms. The third kappa shape index (κ3) is 4.28. The second kappa shape index (κ2) is 6.36. The smallest absolute Gasteiger partial charge is 0.307 e. The standard InChI is InChI=1S/C13H26N2O2/c1-10(2)15-8-11(3)7-14(4)9-12(15)6-13(16)17-5/h10-12H,6-9H2,1-5H3. The number of nitrogens with zero attached hydrogens (tertiary/aromatic N) is 2. The molecule has 1 aliphatic rings. The highest BCUT2D eigenvalue weighted by Crippen LogP contribution is 2.18. The molecule has 0 saturated carbocycles. The van der Waals surface area contributed by atoms with E-state index in [1.807, 2.05) is 0 Å². The van der Waals surface area contributed by atoms with E-state index in [0.717, 1.165) is 19.6 Å². The summed E-state index contributed by atoms with van der Waals surface area (Å²) in [6.07, 6.45) is 0.492. The Bertz CT molecular complexity index is 256. The van der Waals surface area contributed by atoms with Gasteiger partial charge in [-0.05, 0) is 26.8 Å². The molecular formula is C13H26N2O2. The summed E-state index contributed by atoms with van der Waals surface area (Å²) in [4.78, 5) is 16.2. The molecule has 100 valence electrons. The minimum atomic E-state index is -0.108. The lowest BCUT2D eigenvalue weighted by Gasteiger charge is -2.34. The molecule has 17 heavy (non-hydrogen) atoms. The van der Waals surface area contributed by atoms with Crippen molar-refractivity contribution in [3.63, 3.8) is 0 Å². The van der Waals surface area contributed by atoms with E-state index in [9.17, 15) is 4.79 Å². The van der Waals surface area contributed by atoms with Gasteiger partial charge in [0.25, 0.3) is 0 Å². The molecule has 0 aliphatic carbocycles. The average Bonchev–Trinajstić information content (AvgIpc) is 2.36. The van der Waals surface area contributed by atoms with Crippen LogP contribution in [-0.4, -0.2) is 61.6 Å². The number of ether oxygens (including phenoxy) is 1. The fourth-order valence-electron chi connectivity index (χ4n) is 2.73. The Morgan fingerprint density at radius 2 is 2.00 bits per heavy atom. The van der Waals surface area contributed by atoms with E-state index in [-0.39, 0.29) is 12.0 Å². The molecular weight excluding hydrogens is 216 g/mol. The summed E-state index contributed by atoms with van der Waals surface area (Å²) in [7, 11) is 3.59. The van der Waals surface area contributed by atoms with Gasteiger partial charge >= 0.3 is 5.97 Å². The lowest BCUT2D eigenvalue weighted by atomic mass is 10.1. The highest BCUT2D eigenvalue weighted by Gasteiger charge is 2.29. The Kier molecular flexibility index (Phi) is 5.40. The Balaban J connectivity index is 2.75. The summed E-state index contributed by atoms with van der Waals surface area (Å²) in [5.41, 5.74) is 0. The van der Waals surface area contributed by atoms with Crippen LogP contribution in [0.2, 0.25) is 0 Å². The predicted molar refractivity (Wildman–Crippen MR) is 68.9 cm³/mol. The maximum absolute atomic E-state index is 11.5. The van der Waals surface area contributed by atoms with Crippen LogP contribution in [0.3, 0.4) is 0 Å². The molecule has 2 atom stereocenters. The number of rotatable bonds is 3. The number of carbonyl (C=O) groups excluding carboxylic acids is 1. The largest absolute Gasteiger partial charge is 0.469 e. The quantitative estimate of drug-likeness (QED) is 0.697. The van der Waals surface area contributed by atoms with Gasteiger partial charge in [-0.25, -0.2) is 0 Å². The number of esters is 1. The van der Waals surface area contributed by atoms with Crippen molar-refractivity contribution in [2.24, 2.45) is 5.92 Å². The summed E-state index contributed by atoms with van der Waals surface area (Å²) >= 11 is 0. The Morgan fingerprint density at radius 1 is 1.35 bits per heavy atom. The Hall–Kier alpha value is -0.610. The molecule has 4 nitrogen and oxygen atoms in total. The van der Waals surface area contributed by atoms with Crippen molar-refractivity contribution >= 4 is 5.97 Å². The van der Waals surface area contributed by atoms with Gasteiger partial charge in [0, 0.05) is 31.7 Å². The second-order valence-electron chi connectivity index (χ2n) is 5.55. The van der Waals surface area contributed by atoms with E-state index >= 15 is 0 Å². The van der Waals surface area contributed by atoms with Gasteiger partial charge in [0.15, 0.2) is 0 Å². The third-order valence-electron chi connectivity index (χ3n) is 3.43. The number of methoxy groups -OCH3 is 1. The van der Waals surface area contributed by atoms with Crippen molar-refractivity contribution < 1.29 is 9.53 Å². The van der Waals surface area contributed by atoms with Gasteiger partial charge in [0.1, 0.15) is 0 Å². The first-order chi connectivity index (χ1) is 7.93. The molecule has 1 fully saturated rings. The van der Waals surface area contributed by atoms with Crippen LogP contribution >= 0.6 is 0 Å². The Labute approximate surface area is 105 Å². The maximum Gasteiger partial charge on any atom is 0.307 e. The zero-order chi connectivity index (χ0) is 13.0. The normalized spacial score (nSPS) is 28.1. The van der Waals surface area contributed by atoms with Gasteiger partial charge in [-0.2, -0.15) is 0 Å². The van der Waals surface area contributed by atoms with E-state index in [1.165, 1.54) is 7.11 Å². The Morgan fingerprint density at radius 3 is 2.53 bits per heavy atom. The van der Waals surface area contributed by atoms with E-state index < -0.39 is 0 Å². The van der Waals surface area contributed by atoms with Crippen LogP contribution in [-0.2, 0) is 9.53 Å². The van der Waals surface area contributed by atoms with Crippen molar-refractivity contribution in [1.82, 2.24) is 9.80 Å². The molecule has 0 spiro atoms. The van der Waals surface area contributed by atoms with Crippen LogP contribution in [0.25, 0.3) is 0 Å². The minimum absolute atomic E-state index is 0.108. The summed E-state index contributed by atoms with van der Waals surface area (Å²) in [6, 6.07) is 0.746.